The maximum atomic E-state index is 13.2. The van der Waals surface area contributed by atoms with E-state index < -0.39 is 35.0 Å². The molecule has 43 heavy (non-hydrogen) atoms. The van der Waals surface area contributed by atoms with Gasteiger partial charge in [-0.2, -0.15) is 26.3 Å². The SMILES string of the molecule is CC(C)(C)c1ccc(COc2coc(CN3CCCN(C(=O)c4cc(C(F)(F)F)cc(C(F)(F)F)c4)CC3)cc2=O)cc1. The fourth-order valence-corrected chi connectivity index (χ4v) is 4.70. The van der Waals surface area contributed by atoms with Gasteiger partial charge in [0, 0.05) is 37.8 Å². The Kier molecular flexibility index (Phi) is 9.29. The zero-order chi connectivity index (χ0) is 31.6. The second kappa shape index (κ2) is 12.4. The number of amides is 1. The minimum atomic E-state index is -5.05. The third-order valence-corrected chi connectivity index (χ3v) is 7.16. The minimum Gasteiger partial charge on any atom is -0.482 e. The molecule has 1 aliphatic heterocycles. The molecule has 0 unspecified atom stereocenters. The van der Waals surface area contributed by atoms with Gasteiger partial charge in [0.1, 0.15) is 18.6 Å². The van der Waals surface area contributed by atoms with E-state index in [9.17, 15) is 35.9 Å². The molecule has 0 atom stereocenters. The Balaban J connectivity index is 1.37. The highest BCUT2D eigenvalue weighted by molar-refractivity contribution is 5.94. The Bertz CT molecular complexity index is 1460. The fourth-order valence-electron chi connectivity index (χ4n) is 4.70. The highest BCUT2D eigenvalue weighted by Gasteiger charge is 2.38. The Morgan fingerprint density at radius 3 is 2.02 bits per heavy atom. The van der Waals surface area contributed by atoms with Gasteiger partial charge in [0.15, 0.2) is 0 Å². The van der Waals surface area contributed by atoms with Crippen LogP contribution in [-0.4, -0.2) is 41.9 Å². The summed E-state index contributed by atoms with van der Waals surface area (Å²) in [7, 11) is 0. The van der Waals surface area contributed by atoms with Gasteiger partial charge in [-0.25, -0.2) is 0 Å². The lowest BCUT2D eigenvalue weighted by atomic mass is 9.87. The predicted molar refractivity (Wildman–Crippen MR) is 147 cm³/mol. The van der Waals surface area contributed by atoms with Crippen molar-refractivity contribution in [1.82, 2.24) is 9.80 Å². The molecule has 0 saturated carbocycles. The van der Waals surface area contributed by atoms with Gasteiger partial charge in [-0.15, -0.1) is 0 Å². The first kappa shape index (κ1) is 32.1. The van der Waals surface area contributed by atoms with Crippen LogP contribution in [0.1, 0.15) is 65.6 Å². The highest BCUT2D eigenvalue weighted by atomic mass is 19.4. The first-order chi connectivity index (χ1) is 20.0. The predicted octanol–water partition coefficient (Wildman–Crippen LogP) is 6.90. The number of carbonyl (C=O) groups excluding carboxylic acids is 1. The number of benzene rings is 2. The average Bonchev–Trinajstić information content (AvgIpc) is 3.16. The van der Waals surface area contributed by atoms with E-state index in [1.165, 1.54) is 22.8 Å². The maximum absolute atomic E-state index is 13.2. The van der Waals surface area contributed by atoms with E-state index in [1.54, 1.807) is 0 Å². The number of hydrogen-bond donors (Lipinski definition) is 0. The van der Waals surface area contributed by atoms with E-state index in [0.29, 0.717) is 30.9 Å². The quantitative estimate of drug-likeness (QED) is 0.284. The first-order valence-corrected chi connectivity index (χ1v) is 13.7. The second-order valence-corrected chi connectivity index (χ2v) is 11.5. The number of halogens is 6. The molecule has 12 heteroatoms. The summed E-state index contributed by atoms with van der Waals surface area (Å²) in [5.41, 5.74) is -2.05. The van der Waals surface area contributed by atoms with Crippen LogP contribution in [0.15, 0.2) is 64.0 Å². The smallest absolute Gasteiger partial charge is 0.416 e. The molecule has 0 bridgehead atoms. The molecule has 0 N–H and O–H groups in total. The average molecular weight is 611 g/mol. The molecular weight excluding hydrogens is 578 g/mol. The largest absolute Gasteiger partial charge is 0.482 e. The van der Waals surface area contributed by atoms with Crippen molar-refractivity contribution in [1.29, 1.82) is 0 Å². The van der Waals surface area contributed by atoms with Crippen LogP contribution >= 0.6 is 0 Å². The Labute approximate surface area is 244 Å². The summed E-state index contributed by atoms with van der Waals surface area (Å²) in [5.74, 6) is -0.519. The number of ether oxygens (including phenoxy) is 1. The van der Waals surface area contributed by atoms with Gasteiger partial charge in [0.25, 0.3) is 5.91 Å². The molecular formula is C31H32F6N2O4. The van der Waals surface area contributed by atoms with Crippen LogP contribution in [-0.2, 0) is 30.9 Å². The molecule has 4 rings (SSSR count). The van der Waals surface area contributed by atoms with Crippen LogP contribution in [0, 0.1) is 0 Å². The normalized spacial score (nSPS) is 15.3. The Hall–Kier alpha value is -3.80. The van der Waals surface area contributed by atoms with Gasteiger partial charge in [0.2, 0.25) is 11.2 Å². The molecule has 0 radical (unpaired) electrons. The van der Waals surface area contributed by atoms with Gasteiger partial charge < -0.3 is 14.1 Å². The topological polar surface area (TPSA) is 63.0 Å². The van der Waals surface area contributed by atoms with Crippen LogP contribution in [0.25, 0.3) is 0 Å². The van der Waals surface area contributed by atoms with Crippen LogP contribution in [0.4, 0.5) is 26.3 Å². The summed E-state index contributed by atoms with van der Waals surface area (Å²) in [6, 6.07) is 10.1. The van der Waals surface area contributed by atoms with E-state index in [1.807, 2.05) is 29.2 Å². The van der Waals surface area contributed by atoms with Gasteiger partial charge in [-0.3, -0.25) is 14.5 Å². The molecule has 2 aromatic carbocycles. The van der Waals surface area contributed by atoms with E-state index in [0.717, 1.165) is 5.56 Å². The lowest BCUT2D eigenvalue weighted by molar-refractivity contribution is -0.143. The summed E-state index contributed by atoms with van der Waals surface area (Å²) >= 11 is 0. The molecule has 2 heterocycles. The minimum absolute atomic E-state index is 0.00471. The monoisotopic (exact) mass is 610 g/mol. The maximum Gasteiger partial charge on any atom is 0.416 e. The Morgan fingerprint density at radius 2 is 1.47 bits per heavy atom. The van der Waals surface area contributed by atoms with Crippen molar-refractivity contribution < 1.29 is 40.3 Å². The van der Waals surface area contributed by atoms with Gasteiger partial charge >= 0.3 is 12.4 Å². The molecule has 0 spiro atoms. The van der Waals surface area contributed by atoms with Crippen molar-refractivity contribution in [3.8, 4) is 5.75 Å². The van der Waals surface area contributed by atoms with Gasteiger partial charge in [0.05, 0.1) is 17.7 Å². The van der Waals surface area contributed by atoms with Crippen molar-refractivity contribution in [3.05, 3.63) is 98.6 Å². The number of rotatable bonds is 6. The van der Waals surface area contributed by atoms with Crippen molar-refractivity contribution in [2.45, 2.75) is 58.1 Å². The van der Waals surface area contributed by atoms with Crippen molar-refractivity contribution in [2.24, 2.45) is 0 Å². The van der Waals surface area contributed by atoms with Gasteiger partial charge in [-0.05, 0) is 41.2 Å². The molecule has 1 aromatic heterocycles. The molecule has 1 aliphatic rings. The zero-order valence-corrected chi connectivity index (χ0v) is 23.9. The van der Waals surface area contributed by atoms with Crippen LogP contribution in [0.2, 0.25) is 0 Å². The van der Waals surface area contributed by atoms with Crippen molar-refractivity contribution >= 4 is 5.91 Å². The lowest BCUT2D eigenvalue weighted by Gasteiger charge is -2.23. The van der Waals surface area contributed by atoms with Gasteiger partial charge in [-0.1, -0.05) is 45.0 Å². The molecule has 232 valence electrons. The van der Waals surface area contributed by atoms with E-state index in [4.69, 9.17) is 9.15 Å². The zero-order valence-electron chi connectivity index (χ0n) is 23.9. The summed E-state index contributed by atoms with van der Waals surface area (Å²) in [6.45, 7) is 7.68. The summed E-state index contributed by atoms with van der Waals surface area (Å²) in [4.78, 5) is 28.7. The molecule has 3 aromatic rings. The lowest BCUT2D eigenvalue weighted by Crippen LogP contribution is -2.35. The van der Waals surface area contributed by atoms with Crippen LogP contribution in [0.3, 0.4) is 0 Å². The molecule has 0 aliphatic carbocycles. The number of hydrogen-bond acceptors (Lipinski definition) is 5. The summed E-state index contributed by atoms with van der Waals surface area (Å²) < 4.78 is 90.8. The standard InChI is InChI=1S/C31H32F6N2O4/c1-29(2,3)22-7-5-20(6-8-22)18-43-27-19-42-25(16-26(27)40)17-38-9-4-10-39(12-11-38)28(41)21-13-23(30(32,33)34)15-24(14-21)31(35,36)37/h5-8,13-16,19H,4,9-12,17-18H2,1-3H3. The van der Waals surface area contributed by atoms with E-state index in [2.05, 4.69) is 20.8 Å². The van der Waals surface area contributed by atoms with E-state index in [-0.39, 0.29) is 55.4 Å². The first-order valence-electron chi connectivity index (χ1n) is 13.7. The molecule has 1 saturated heterocycles. The van der Waals surface area contributed by atoms with E-state index >= 15 is 0 Å². The number of nitrogens with zero attached hydrogens (tertiary/aromatic N) is 2. The second-order valence-electron chi connectivity index (χ2n) is 11.5. The van der Waals surface area contributed by atoms with Crippen molar-refractivity contribution in [3.63, 3.8) is 0 Å². The summed E-state index contributed by atoms with van der Waals surface area (Å²) in [6.07, 6.45) is -8.45. The fraction of sp³-hybridized carbons (Fsp3) is 0.419. The summed E-state index contributed by atoms with van der Waals surface area (Å²) in [5, 5.41) is 0. The Morgan fingerprint density at radius 1 is 0.837 bits per heavy atom. The molecule has 1 fully saturated rings. The van der Waals surface area contributed by atoms with Crippen LogP contribution < -0.4 is 10.2 Å². The number of alkyl halides is 6. The highest BCUT2D eigenvalue weighted by Crippen LogP contribution is 2.36. The molecule has 1 amide bonds. The van der Waals surface area contributed by atoms with Crippen molar-refractivity contribution in [2.75, 3.05) is 26.2 Å². The van der Waals surface area contributed by atoms with Crippen LogP contribution in [0.5, 0.6) is 5.75 Å². The third-order valence-electron chi connectivity index (χ3n) is 7.16. The molecule has 6 nitrogen and oxygen atoms in total. The third kappa shape index (κ3) is 8.40. The number of carbonyl (C=O) groups is 1.